The van der Waals surface area contributed by atoms with Crippen LogP contribution in [0.2, 0.25) is 5.02 Å². The highest BCUT2D eigenvalue weighted by Crippen LogP contribution is 2.41. The van der Waals surface area contributed by atoms with Gasteiger partial charge in [-0.25, -0.2) is 9.18 Å². The minimum atomic E-state index is -0.373. The first kappa shape index (κ1) is 16.0. The molecule has 2 amide bonds. The Labute approximate surface area is 146 Å². The van der Waals surface area contributed by atoms with Crippen molar-refractivity contribution in [1.29, 1.82) is 0 Å². The zero-order chi connectivity index (χ0) is 16.8. The largest absolute Gasteiger partial charge is 0.365 e. The standard InChI is InChI=1S/C18H23ClFN3O/c1-11-6-14-9-15(7-11)23(14)18(24)21-12-2-3-16(19)17(8-12)22-5-4-13(22)10-20/h2-3,8,11,13-15H,4-7,9-10H2,1H3,(H,21,24)/t11?,13?,14-,15?/m1/s1. The molecule has 3 saturated heterocycles. The Hall–Kier alpha value is -1.49. The molecule has 4 fully saturated rings. The van der Waals surface area contributed by atoms with Crippen molar-refractivity contribution in [2.45, 2.75) is 50.7 Å². The van der Waals surface area contributed by atoms with Gasteiger partial charge in [-0.05, 0) is 49.8 Å². The van der Waals surface area contributed by atoms with Crippen molar-refractivity contribution in [3.63, 3.8) is 0 Å². The summed E-state index contributed by atoms with van der Waals surface area (Å²) in [6.07, 6.45) is 4.18. The topological polar surface area (TPSA) is 35.6 Å². The second-order valence-corrected chi connectivity index (χ2v) is 7.82. The Kier molecular flexibility index (Phi) is 4.07. The Morgan fingerprint density at radius 2 is 2.08 bits per heavy atom. The number of halogens is 2. The van der Waals surface area contributed by atoms with Crippen LogP contribution in [0.3, 0.4) is 0 Å². The lowest BCUT2D eigenvalue weighted by Crippen LogP contribution is -2.63. The Morgan fingerprint density at radius 1 is 1.33 bits per heavy atom. The lowest BCUT2D eigenvalue weighted by Gasteiger charge is -2.54. The van der Waals surface area contributed by atoms with Gasteiger partial charge in [0.1, 0.15) is 6.67 Å². The van der Waals surface area contributed by atoms with Crippen LogP contribution in [0, 0.1) is 5.92 Å². The molecule has 1 aromatic carbocycles. The molecule has 6 heteroatoms. The van der Waals surface area contributed by atoms with Crippen LogP contribution in [-0.2, 0) is 0 Å². The van der Waals surface area contributed by atoms with E-state index in [1.165, 1.54) is 0 Å². The molecule has 4 nitrogen and oxygen atoms in total. The zero-order valence-electron chi connectivity index (χ0n) is 13.8. The van der Waals surface area contributed by atoms with E-state index in [1.54, 1.807) is 6.07 Å². The third-order valence-electron chi connectivity index (χ3n) is 5.74. The molecule has 1 saturated carbocycles. The van der Waals surface area contributed by atoms with Crippen molar-refractivity contribution in [2.24, 2.45) is 5.92 Å². The predicted octanol–water partition coefficient (Wildman–Crippen LogP) is 4.29. The molecule has 0 radical (unpaired) electrons. The van der Waals surface area contributed by atoms with Crippen LogP contribution in [0.15, 0.2) is 18.2 Å². The molecule has 24 heavy (non-hydrogen) atoms. The van der Waals surface area contributed by atoms with Crippen molar-refractivity contribution in [3.05, 3.63) is 23.2 Å². The molecule has 5 rings (SSSR count). The summed E-state index contributed by atoms with van der Waals surface area (Å²) in [5, 5.41) is 3.60. The molecule has 4 aliphatic rings. The molecular formula is C18H23ClFN3O. The molecule has 4 atom stereocenters. The SMILES string of the molecule is CC1CC2C[C@@H](C1)N2C(=O)Nc1ccc(Cl)c(N2CCC2CF)c1. The van der Waals surface area contributed by atoms with Gasteiger partial charge in [0, 0.05) is 24.3 Å². The third kappa shape index (κ3) is 2.63. The summed E-state index contributed by atoms with van der Waals surface area (Å²) < 4.78 is 13.0. The van der Waals surface area contributed by atoms with Gasteiger partial charge >= 0.3 is 6.03 Å². The normalized spacial score (nSPS) is 31.3. The second-order valence-electron chi connectivity index (χ2n) is 7.41. The summed E-state index contributed by atoms with van der Waals surface area (Å²) in [4.78, 5) is 16.6. The highest BCUT2D eigenvalue weighted by atomic mass is 35.5. The lowest BCUT2D eigenvalue weighted by molar-refractivity contribution is -0.00600. The summed E-state index contributed by atoms with van der Waals surface area (Å²) in [6, 6.07) is 6.10. The number of nitrogens with one attached hydrogen (secondary N) is 1. The fourth-order valence-corrected chi connectivity index (χ4v) is 4.62. The summed E-state index contributed by atoms with van der Waals surface area (Å²) in [7, 11) is 0. The van der Waals surface area contributed by atoms with E-state index in [4.69, 9.17) is 11.6 Å². The number of nitrogens with zero attached hydrogens (tertiary/aromatic N) is 2. The van der Waals surface area contributed by atoms with Gasteiger partial charge in [-0.15, -0.1) is 0 Å². The van der Waals surface area contributed by atoms with E-state index in [0.29, 0.717) is 23.0 Å². The van der Waals surface area contributed by atoms with E-state index in [1.807, 2.05) is 21.9 Å². The Bertz CT molecular complexity index is 641. The number of alkyl halides is 1. The number of hydrogen-bond acceptors (Lipinski definition) is 2. The summed E-state index contributed by atoms with van der Waals surface area (Å²) >= 11 is 6.27. The maximum absolute atomic E-state index is 13.0. The van der Waals surface area contributed by atoms with Gasteiger partial charge in [0.15, 0.2) is 0 Å². The van der Waals surface area contributed by atoms with Crippen LogP contribution in [0.25, 0.3) is 0 Å². The van der Waals surface area contributed by atoms with Gasteiger partial charge in [0.25, 0.3) is 0 Å². The highest BCUT2D eigenvalue weighted by molar-refractivity contribution is 6.33. The molecule has 1 N–H and O–H groups in total. The number of carbonyl (C=O) groups is 1. The monoisotopic (exact) mass is 351 g/mol. The number of benzene rings is 1. The van der Waals surface area contributed by atoms with Gasteiger partial charge in [-0.2, -0.15) is 0 Å². The van der Waals surface area contributed by atoms with E-state index in [2.05, 4.69) is 12.2 Å². The number of fused-ring (bicyclic) bond motifs is 2. The first-order valence-corrected chi connectivity index (χ1v) is 9.16. The van der Waals surface area contributed by atoms with E-state index >= 15 is 0 Å². The van der Waals surface area contributed by atoms with Crippen LogP contribution in [0.5, 0.6) is 0 Å². The summed E-state index contributed by atoms with van der Waals surface area (Å²) in [5.74, 6) is 0.712. The highest BCUT2D eigenvalue weighted by Gasteiger charge is 2.46. The molecule has 0 spiro atoms. The number of piperidine rings is 1. The van der Waals surface area contributed by atoms with Crippen molar-refractivity contribution < 1.29 is 9.18 Å². The van der Waals surface area contributed by atoms with E-state index in [9.17, 15) is 9.18 Å². The molecule has 0 aromatic heterocycles. The number of urea groups is 1. The second kappa shape index (κ2) is 6.10. The molecule has 1 aliphatic carbocycles. The minimum absolute atomic E-state index is 0.0259. The van der Waals surface area contributed by atoms with Gasteiger partial charge in [-0.3, -0.25) is 0 Å². The maximum Gasteiger partial charge on any atom is 0.322 e. The van der Waals surface area contributed by atoms with Gasteiger partial charge in [-0.1, -0.05) is 18.5 Å². The van der Waals surface area contributed by atoms with Crippen LogP contribution < -0.4 is 10.2 Å². The lowest BCUT2D eigenvalue weighted by atomic mass is 9.74. The summed E-state index contributed by atoms with van der Waals surface area (Å²) in [6.45, 7) is 2.69. The van der Waals surface area contributed by atoms with Crippen molar-refractivity contribution in [1.82, 2.24) is 4.90 Å². The molecule has 2 bridgehead atoms. The number of carbonyl (C=O) groups excluding carboxylic acids is 1. The fraction of sp³-hybridized carbons (Fsp3) is 0.611. The smallest absolute Gasteiger partial charge is 0.322 e. The molecule has 3 aliphatic heterocycles. The average molecular weight is 352 g/mol. The molecule has 130 valence electrons. The van der Waals surface area contributed by atoms with Gasteiger partial charge < -0.3 is 15.1 Å². The molecule has 3 heterocycles. The number of hydrogen-bond donors (Lipinski definition) is 1. The zero-order valence-corrected chi connectivity index (χ0v) is 14.6. The predicted molar refractivity (Wildman–Crippen MR) is 94.6 cm³/mol. The van der Waals surface area contributed by atoms with Gasteiger partial charge in [0.05, 0.1) is 16.8 Å². The van der Waals surface area contributed by atoms with E-state index in [-0.39, 0.29) is 18.7 Å². The molecule has 3 unspecified atom stereocenters. The first-order valence-electron chi connectivity index (χ1n) is 8.78. The van der Waals surface area contributed by atoms with Crippen LogP contribution >= 0.6 is 11.6 Å². The van der Waals surface area contributed by atoms with E-state index < -0.39 is 0 Å². The maximum atomic E-state index is 13.0. The van der Waals surface area contributed by atoms with Crippen LogP contribution in [0.1, 0.15) is 32.6 Å². The Morgan fingerprint density at radius 3 is 2.71 bits per heavy atom. The summed E-state index contributed by atoms with van der Waals surface area (Å²) in [5.41, 5.74) is 1.53. The minimum Gasteiger partial charge on any atom is -0.365 e. The van der Waals surface area contributed by atoms with Crippen molar-refractivity contribution in [2.75, 3.05) is 23.4 Å². The Balaban J connectivity index is 1.46. The van der Waals surface area contributed by atoms with Crippen LogP contribution in [0.4, 0.5) is 20.6 Å². The number of rotatable bonds is 3. The number of amides is 2. The van der Waals surface area contributed by atoms with E-state index in [0.717, 1.165) is 43.6 Å². The quantitative estimate of drug-likeness (QED) is 0.881. The molecular weight excluding hydrogens is 329 g/mol. The van der Waals surface area contributed by atoms with Crippen molar-refractivity contribution >= 4 is 29.0 Å². The fourth-order valence-electron chi connectivity index (χ4n) is 4.39. The third-order valence-corrected chi connectivity index (χ3v) is 6.06. The first-order chi connectivity index (χ1) is 11.6. The molecule has 1 aromatic rings. The van der Waals surface area contributed by atoms with Crippen molar-refractivity contribution in [3.8, 4) is 0 Å². The van der Waals surface area contributed by atoms with Gasteiger partial charge in [0.2, 0.25) is 0 Å². The van der Waals surface area contributed by atoms with Crippen LogP contribution in [-0.4, -0.2) is 42.3 Å². The number of anilines is 2. The average Bonchev–Trinajstić information content (AvgIpc) is 2.49.